The summed E-state index contributed by atoms with van der Waals surface area (Å²) >= 11 is 7.63. The fraction of sp³-hybridized carbons (Fsp3) is 0.231. The Kier molecular flexibility index (Phi) is 5.94. The van der Waals surface area contributed by atoms with Crippen molar-refractivity contribution in [3.63, 3.8) is 0 Å². The Hall–Kier alpha value is -3.49. The summed E-state index contributed by atoms with van der Waals surface area (Å²) in [7, 11) is 0. The zero-order valence-corrected chi connectivity index (χ0v) is 21.0. The van der Waals surface area contributed by atoms with Crippen LogP contribution in [-0.4, -0.2) is 29.6 Å². The fourth-order valence-corrected chi connectivity index (χ4v) is 5.86. The third kappa shape index (κ3) is 4.24. The van der Waals surface area contributed by atoms with Gasteiger partial charge in [-0.15, -0.1) is 0 Å². The van der Waals surface area contributed by atoms with E-state index in [1.807, 2.05) is 26.0 Å². The fourth-order valence-electron chi connectivity index (χ4n) is 4.70. The van der Waals surface area contributed by atoms with Gasteiger partial charge in [0.1, 0.15) is 0 Å². The summed E-state index contributed by atoms with van der Waals surface area (Å²) in [4.78, 5) is 30.4. The monoisotopic (exact) mass is 506 g/mol. The second-order valence-electron chi connectivity index (χ2n) is 8.79. The van der Waals surface area contributed by atoms with Gasteiger partial charge in [0.2, 0.25) is 0 Å². The number of hydrogen-bond acceptors (Lipinski definition) is 5. The highest BCUT2D eigenvalue weighted by Crippen LogP contribution is 2.30. The molecule has 0 aliphatic carbocycles. The lowest BCUT2D eigenvalue weighted by molar-refractivity contribution is -0.137. The number of carboxylic acids is 1. The van der Waals surface area contributed by atoms with Crippen LogP contribution in [0.3, 0.4) is 0 Å². The van der Waals surface area contributed by atoms with Crippen molar-refractivity contribution in [3.8, 4) is 0 Å². The largest absolute Gasteiger partial charge is 0.481 e. The molecule has 3 aromatic heterocycles. The number of halogens is 1. The zero-order valence-electron chi connectivity index (χ0n) is 19.4. The average Bonchev–Trinajstić information content (AvgIpc) is 3.31. The molecule has 5 rings (SSSR count). The number of aromatic nitrogens is 4. The van der Waals surface area contributed by atoms with Crippen molar-refractivity contribution in [1.29, 1.82) is 0 Å². The number of imidazole rings is 1. The Morgan fingerprint density at radius 2 is 1.94 bits per heavy atom. The second kappa shape index (κ2) is 8.94. The quantitative estimate of drug-likeness (QED) is 0.328. The zero-order chi connectivity index (χ0) is 24.9. The molecule has 35 heavy (non-hydrogen) atoms. The molecule has 0 saturated carbocycles. The molecule has 0 unspecified atom stereocenters. The van der Waals surface area contributed by atoms with E-state index in [1.54, 1.807) is 28.8 Å². The molecule has 0 saturated heterocycles. The van der Waals surface area contributed by atoms with E-state index in [9.17, 15) is 14.7 Å². The maximum absolute atomic E-state index is 13.9. The topological polar surface area (TPSA) is 90.0 Å². The summed E-state index contributed by atoms with van der Waals surface area (Å²) in [6, 6.07) is 14.1. The number of pyridine rings is 1. The molecular weight excluding hydrogens is 484 g/mol. The molecule has 0 aliphatic heterocycles. The van der Waals surface area contributed by atoms with E-state index >= 15 is 0 Å². The van der Waals surface area contributed by atoms with Gasteiger partial charge in [0.25, 0.3) is 0 Å². The number of carboxylic acid groups (broad SMARTS) is 1. The summed E-state index contributed by atoms with van der Waals surface area (Å²) in [6.07, 6.45) is -0.285. The van der Waals surface area contributed by atoms with E-state index in [4.69, 9.17) is 11.6 Å². The molecule has 0 fully saturated rings. The van der Waals surface area contributed by atoms with Gasteiger partial charge in [0.05, 0.1) is 34.9 Å². The summed E-state index contributed by atoms with van der Waals surface area (Å²) in [6.45, 7) is 6.20. The number of aliphatic carboxylic acids is 1. The molecule has 0 amide bonds. The Balaban J connectivity index is 1.74. The maximum Gasteiger partial charge on any atom is 0.331 e. The van der Waals surface area contributed by atoms with Gasteiger partial charge < -0.3 is 5.11 Å². The smallest absolute Gasteiger partial charge is 0.331 e. The Morgan fingerprint density at radius 1 is 1.14 bits per heavy atom. The van der Waals surface area contributed by atoms with Crippen LogP contribution in [0.4, 0.5) is 0 Å². The first-order valence-electron chi connectivity index (χ1n) is 11.1. The van der Waals surface area contributed by atoms with Gasteiger partial charge in [-0.2, -0.15) is 4.37 Å². The van der Waals surface area contributed by atoms with Gasteiger partial charge in [-0.1, -0.05) is 29.8 Å². The van der Waals surface area contributed by atoms with Crippen LogP contribution < -0.4 is 5.69 Å². The predicted octanol–water partition coefficient (Wildman–Crippen LogP) is 5.50. The molecule has 9 heteroatoms. The number of nitrogens with zero attached hydrogens (tertiary/aromatic N) is 4. The highest BCUT2D eigenvalue weighted by molar-refractivity contribution is 7.13. The predicted molar refractivity (Wildman–Crippen MR) is 139 cm³/mol. The number of benzene rings is 2. The molecule has 0 aliphatic rings. The number of aryl methyl sites for hydroxylation is 3. The lowest BCUT2D eigenvalue weighted by atomic mass is 10.0. The van der Waals surface area contributed by atoms with Crippen LogP contribution in [-0.2, 0) is 11.3 Å². The summed E-state index contributed by atoms with van der Waals surface area (Å²) in [5, 5.41) is 11.2. The molecule has 1 N–H and O–H groups in total. The van der Waals surface area contributed by atoms with Crippen LogP contribution in [0.2, 0.25) is 5.02 Å². The average molecular weight is 507 g/mol. The number of carbonyl (C=O) groups is 1. The maximum atomic E-state index is 13.9. The van der Waals surface area contributed by atoms with Crippen molar-refractivity contribution in [3.05, 3.63) is 92.1 Å². The van der Waals surface area contributed by atoms with Gasteiger partial charge in [0.15, 0.2) is 5.65 Å². The Bertz CT molecular complexity index is 1670. The molecule has 2 aromatic carbocycles. The van der Waals surface area contributed by atoms with Crippen LogP contribution in [0.1, 0.15) is 40.5 Å². The van der Waals surface area contributed by atoms with E-state index < -0.39 is 12.0 Å². The minimum Gasteiger partial charge on any atom is -0.481 e. The van der Waals surface area contributed by atoms with Crippen molar-refractivity contribution in [2.75, 3.05) is 0 Å². The molecule has 5 aromatic rings. The third-order valence-corrected chi connectivity index (χ3v) is 7.22. The second-order valence-corrected chi connectivity index (χ2v) is 10.0. The summed E-state index contributed by atoms with van der Waals surface area (Å²) in [5.41, 5.74) is 5.17. The van der Waals surface area contributed by atoms with Crippen LogP contribution in [0.5, 0.6) is 0 Å². The van der Waals surface area contributed by atoms with Crippen molar-refractivity contribution in [2.24, 2.45) is 0 Å². The van der Waals surface area contributed by atoms with Crippen molar-refractivity contribution >= 4 is 50.4 Å². The van der Waals surface area contributed by atoms with Gasteiger partial charge in [-0.25, -0.2) is 9.78 Å². The first-order valence-corrected chi connectivity index (χ1v) is 12.3. The first-order chi connectivity index (χ1) is 16.7. The molecule has 1 atom stereocenters. The van der Waals surface area contributed by atoms with Gasteiger partial charge in [-0.3, -0.25) is 13.9 Å². The van der Waals surface area contributed by atoms with E-state index in [-0.39, 0.29) is 18.7 Å². The molecule has 178 valence electrons. The van der Waals surface area contributed by atoms with E-state index in [2.05, 4.69) is 28.4 Å². The van der Waals surface area contributed by atoms with Crippen LogP contribution in [0.25, 0.3) is 21.3 Å². The van der Waals surface area contributed by atoms with E-state index in [0.717, 1.165) is 32.6 Å². The lowest BCUT2D eigenvalue weighted by Crippen LogP contribution is -2.30. The Labute approximate surface area is 210 Å². The molecule has 7 nitrogen and oxygen atoms in total. The Morgan fingerprint density at radius 3 is 2.69 bits per heavy atom. The van der Waals surface area contributed by atoms with Crippen LogP contribution in [0.15, 0.2) is 53.3 Å². The summed E-state index contributed by atoms with van der Waals surface area (Å²) in [5.74, 6) is -1.02. The van der Waals surface area contributed by atoms with Crippen molar-refractivity contribution in [2.45, 2.75) is 39.8 Å². The van der Waals surface area contributed by atoms with Crippen LogP contribution in [0, 0.1) is 20.8 Å². The highest BCUT2D eigenvalue weighted by atomic mass is 35.5. The standard InChI is InChI=1S/C26H23ClN4O3S/c1-14-9-15(2)24-19(29-35-22(24)10-14)13-30-20-8-7-16(3)28-25(20)31(26(30)34)21(12-23(32)33)17-5-4-6-18(27)11-17/h4-11,21H,12-13H2,1-3H3,(H,32,33)/t21-/m1/s1. The minimum atomic E-state index is -1.02. The molecular formula is C26H23ClN4O3S. The highest BCUT2D eigenvalue weighted by Gasteiger charge is 2.26. The first kappa shape index (κ1) is 23.3. The SMILES string of the molecule is Cc1cc(C)c2c(Cn3c(=O)n([C@H](CC(=O)O)c4cccc(Cl)c4)c4nc(C)ccc43)nsc2c1. The van der Waals surface area contributed by atoms with Crippen LogP contribution >= 0.6 is 23.1 Å². The normalized spacial score (nSPS) is 12.5. The number of rotatable bonds is 6. The minimum absolute atomic E-state index is 0.256. The van der Waals surface area contributed by atoms with Crippen molar-refractivity contribution in [1.82, 2.24) is 18.5 Å². The van der Waals surface area contributed by atoms with Gasteiger partial charge in [0, 0.05) is 16.1 Å². The molecule has 0 radical (unpaired) electrons. The van der Waals surface area contributed by atoms with Gasteiger partial charge >= 0.3 is 11.7 Å². The van der Waals surface area contributed by atoms with E-state index in [0.29, 0.717) is 21.7 Å². The molecule has 0 spiro atoms. The van der Waals surface area contributed by atoms with Crippen molar-refractivity contribution < 1.29 is 9.90 Å². The third-order valence-electron chi connectivity index (χ3n) is 6.16. The van der Waals surface area contributed by atoms with Gasteiger partial charge in [-0.05, 0) is 79.3 Å². The van der Waals surface area contributed by atoms with E-state index in [1.165, 1.54) is 16.1 Å². The molecule has 3 heterocycles. The molecule has 0 bridgehead atoms. The number of hydrogen-bond donors (Lipinski definition) is 1. The number of fused-ring (bicyclic) bond motifs is 2. The summed E-state index contributed by atoms with van der Waals surface area (Å²) < 4.78 is 8.86. The lowest BCUT2D eigenvalue weighted by Gasteiger charge is -2.17.